The van der Waals surface area contributed by atoms with Crippen LogP contribution < -0.4 is 5.32 Å². The highest BCUT2D eigenvalue weighted by atomic mass is 16.5. The van der Waals surface area contributed by atoms with Crippen LogP contribution in [0.4, 0.5) is 0 Å². The van der Waals surface area contributed by atoms with E-state index in [9.17, 15) is 9.90 Å². The van der Waals surface area contributed by atoms with Crippen molar-refractivity contribution < 1.29 is 14.6 Å². The first-order valence-corrected chi connectivity index (χ1v) is 6.60. The van der Waals surface area contributed by atoms with E-state index in [2.05, 4.69) is 10.3 Å². The Morgan fingerprint density at radius 3 is 2.95 bits per heavy atom. The van der Waals surface area contributed by atoms with Crippen molar-refractivity contribution in [2.75, 3.05) is 13.2 Å². The summed E-state index contributed by atoms with van der Waals surface area (Å²) in [4.78, 5) is 15.7. The van der Waals surface area contributed by atoms with Crippen molar-refractivity contribution in [3.8, 4) is 0 Å². The van der Waals surface area contributed by atoms with Gasteiger partial charge in [0.2, 0.25) is 5.91 Å². The van der Waals surface area contributed by atoms with Crippen molar-refractivity contribution in [2.24, 2.45) is 0 Å². The van der Waals surface area contributed by atoms with Crippen LogP contribution in [0.1, 0.15) is 25.3 Å². The third kappa shape index (κ3) is 3.75. The molecule has 2 rings (SSSR count). The molecule has 2 atom stereocenters. The van der Waals surface area contributed by atoms with E-state index in [0.717, 1.165) is 5.56 Å². The number of ether oxygens (including phenoxy) is 1. The summed E-state index contributed by atoms with van der Waals surface area (Å²) in [6.45, 7) is 2.63. The van der Waals surface area contributed by atoms with Gasteiger partial charge in [0.1, 0.15) is 5.60 Å². The van der Waals surface area contributed by atoms with Gasteiger partial charge in [0.05, 0.1) is 6.10 Å². The van der Waals surface area contributed by atoms with E-state index in [1.54, 1.807) is 12.4 Å². The molecule has 2 N–H and O–H groups in total. The van der Waals surface area contributed by atoms with Crippen LogP contribution in [0.25, 0.3) is 0 Å². The smallest absolute Gasteiger partial charge is 0.220 e. The molecule has 2 heterocycles. The molecule has 1 aliphatic rings. The van der Waals surface area contributed by atoms with Crippen LogP contribution in [0.5, 0.6) is 0 Å². The summed E-state index contributed by atoms with van der Waals surface area (Å²) < 4.78 is 5.32. The Morgan fingerprint density at radius 2 is 2.32 bits per heavy atom. The van der Waals surface area contributed by atoms with Crippen molar-refractivity contribution in [2.45, 2.75) is 37.9 Å². The quantitative estimate of drug-likeness (QED) is 0.820. The minimum Gasteiger partial charge on any atom is -0.385 e. The van der Waals surface area contributed by atoms with E-state index in [-0.39, 0.29) is 18.6 Å². The second-order valence-corrected chi connectivity index (χ2v) is 5.00. The number of aliphatic hydroxyl groups is 1. The third-order valence-electron chi connectivity index (χ3n) is 3.64. The lowest BCUT2D eigenvalue weighted by Crippen LogP contribution is -2.47. The number of hydrogen-bond donors (Lipinski definition) is 2. The number of carbonyl (C=O) groups is 1. The average molecular weight is 264 g/mol. The maximum Gasteiger partial charge on any atom is 0.220 e. The summed E-state index contributed by atoms with van der Waals surface area (Å²) in [5.41, 5.74) is 0.160. The zero-order valence-corrected chi connectivity index (χ0v) is 11.1. The van der Waals surface area contributed by atoms with Gasteiger partial charge in [0, 0.05) is 38.4 Å². The first-order chi connectivity index (χ1) is 9.10. The number of amides is 1. The fraction of sp³-hybridized carbons (Fsp3) is 0.571. The van der Waals surface area contributed by atoms with E-state index in [4.69, 9.17) is 4.74 Å². The maximum absolute atomic E-state index is 11.7. The Bertz CT molecular complexity index is 424. The van der Waals surface area contributed by atoms with Gasteiger partial charge in [-0.2, -0.15) is 0 Å². The molecule has 5 heteroatoms. The molecule has 0 aromatic carbocycles. The Balaban J connectivity index is 1.73. The second-order valence-electron chi connectivity index (χ2n) is 5.00. The van der Waals surface area contributed by atoms with Crippen LogP contribution in [0, 0.1) is 0 Å². The summed E-state index contributed by atoms with van der Waals surface area (Å²) in [7, 11) is 0. The van der Waals surface area contributed by atoms with E-state index >= 15 is 0 Å². The molecule has 0 bridgehead atoms. The largest absolute Gasteiger partial charge is 0.385 e. The molecule has 0 saturated carbocycles. The molecule has 104 valence electrons. The van der Waals surface area contributed by atoms with Gasteiger partial charge in [-0.3, -0.25) is 9.78 Å². The summed E-state index contributed by atoms with van der Waals surface area (Å²) in [5, 5.41) is 13.0. The number of aromatic nitrogens is 1. The lowest BCUT2D eigenvalue weighted by molar-refractivity contribution is -0.122. The van der Waals surface area contributed by atoms with Crippen LogP contribution >= 0.6 is 0 Å². The summed E-state index contributed by atoms with van der Waals surface area (Å²) in [5.74, 6) is -0.0515. The molecule has 1 saturated heterocycles. The summed E-state index contributed by atoms with van der Waals surface area (Å²) >= 11 is 0. The highest BCUT2D eigenvalue weighted by Crippen LogP contribution is 2.24. The molecular weight excluding hydrogens is 244 g/mol. The number of rotatable bonds is 5. The van der Waals surface area contributed by atoms with Crippen molar-refractivity contribution in [3.63, 3.8) is 0 Å². The van der Waals surface area contributed by atoms with E-state index in [1.807, 2.05) is 19.1 Å². The number of carbonyl (C=O) groups excluding carboxylic acids is 1. The fourth-order valence-electron chi connectivity index (χ4n) is 2.15. The lowest BCUT2D eigenvalue weighted by Gasteiger charge is -2.26. The monoisotopic (exact) mass is 264 g/mol. The third-order valence-corrected chi connectivity index (χ3v) is 3.64. The SMILES string of the molecule is CC1OCCC1(O)CNC(=O)CCc1ccncc1. The first kappa shape index (κ1) is 14.0. The van der Waals surface area contributed by atoms with Crippen molar-refractivity contribution in [3.05, 3.63) is 30.1 Å². The Kier molecular flexibility index (Phi) is 4.50. The standard InChI is InChI=1S/C14H20N2O3/c1-11-14(18,6-9-19-11)10-16-13(17)3-2-12-4-7-15-8-5-12/h4-5,7-8,11,18H,2-3,6,9-10H2,1H3,(H,16,17). The highest BCUT2D eigenvalue weighted by Gasteiger charge is 2.39. The Hall–Kier alpha value is -1.46. The summed E-state index contributed by atoms with van der Waals surface area (Å²) in [6, 6.07) is 3.79. The molecule has 1 aromatic rings. The van der Waals surface area contributed by atoms with Crippen LogP contribution in [0.2, 0.25) is 0 Å². The maximum atomic E-state index is 11.7. The van der Waals surface area contributed by atoms with E-state index in [0.29, 0.717) is 25.9 Å². The molecular formula is C14H20N2O3. The van der Waals surface area contributed by atoms with Gasteiger partial charge >= 0.3 is 0 Å². The Labute approximate surface area is 113 Å². The second kappa shape index (κ2) is 6.12. The van der Waals surface area contributed by atoms with Gasteiger partial charge in [-0.1, -0.05) is 0 Å². The van der Waals surface area contributed by atoms with Crippen molar-refractivity contribution in [1.29, 1.82) is 0 Å². The molecule has 2 unspecified atom stereocenters. The molecule has 1 amide bonds. The molecule has 1 fully saturated rings. The van der Waals surface area contributed by atoms with Gasteiger partial charge in [-0.15, -0.1) is 0 Å². The van der Waals surface area contributed by atoms with Crippen molar-refractivity contribution in [1.82, 2.24) is 10.3 Å². The average Bonchev–Trinajstić information content (AvgIpc) is 2.76. The number of aryl methyl sites for hydroxylation is 1. The fourth-order valence-corrected chi connectivity index (χ4v) is 2.15. The molecule has 19 heavy (non-hydrogen) atoms. The zero-order valence-electron chi connectivity index (χ0n) is 11.1. The van der Waals surface area contributed by atoms with Gasteiger partial charge in [-0.25, -0.2) is 0 Å². The van der Waals surface area contributed by atoms with Gasteiger partial charge in [0.15, 0.2) is 0 Å². The van der Waals surface area contributed by atoms with Crippen LogP contribution in [0.15, 0.2) is 24.5 Å². The van der Waals surface area contributed by atoms with E-state index < -0.39 is 5.60 Å². The normalized spacial score (nSPS) is 26.3. The molecule has 0 spiro atoms. The van der Waals surface area contributed by atoms with Gasteiger partial charge in [-0.05, 0) is 31.0 Å². The molecule has 5 nitrogen and oxygen atoms in total. The van der Waals surface area contributed by atoms with Gasteiger partial charge in [0.25, 0.3) is 0 Å². The molecule has 1 aromatic heterocycles. The zero-order chi connectivity index (χ0) is 13.7. The highest BCUT2D eigenvalue weighted by molar-refractivity contribution is 5.76. The van der Waals surface area contributed by atoms with Crippen LogP contribution in [-0.2, 0) is 16.0 Å². The van der Waals surface area contributed by atoms with Crippen LogP contribution in [-0.4, -0.2) is 40.9 Å². The number of hydrogen-bond acceptors (Lipinski definition) is 4. The predicted octanol–water partition coefficient (Wildman–Crippen LogP) is 0.670. The predicted molar refractivity (Wildman–Crippen MR) is 70.5 cm³/mol. The number of nitrogens with one attached hydrogen (secondary N) is 1. The minimum atomic E-state index is -0.924. The van der Waals surface area contributed by atoms with Crippen LogP contribution in [0.3, 0.4) is 0 Å². The first-order valence-electron chi connectivity index (χ1n) is 6.60. The summed E-state index contributed by atoms with van der Waals surface area (Å²) in [6.07, 6.45) is 4.86. The minimum absolute atomic E-state index is 0.0515. The van der Waals surface area contributed by atoms with E-state index in [1.165, 1.54) is 0 Å². The van der Waals surface area contributed by atoms with Gasteiger partial charge < -0.3 is 15.2 Å². The topological polar surface area (TPSA) is 71.5 Å². The number of pyridine rings is 1. The molecule has 1 aliphatic heterocycles. The Morgan fingerprint density at radius 1 is 1.58 bits per heavy atom. The lowest BCUT2D eigenvalue weighted by atomic mass is 9.96. The number of nitrogens with zero attached hydrogens (tertiary/aromatic N) is 1. The van der Waals surface area contributed by atoms with Crippen molar-refractivity contribution >= 4 is 5.91 Å². The molecule has 0 aliphatic carbocycles. The molecule has 0 radical (unpaired) electrons.